The summed E-state index contributed by atoms with van der Waals surface area (Å²) in [5.41, 5.74) is 1.48. The third kappa shape index (κ3) is 3.37. The molecule has 6 nitrogen and oxygen atoms in total. The Labute approximate surface area is 110 Å². The highest BCUT2D eigenvalue weighted by atomic mass is 16.6. The molecule has 1 atom stereocenters. The lowest BCUT2D eigenvalue weighted by Gasteiger charge is -2.05. The SMILES string of the molecule is O=CCCCC1CC(c2cccc([N+](=O)[O-])c2)=NO1. The zero-order chi connectivity index (χ0) is 13.7. The van der Waals surface area contributed by atoms with E-state index in [-0.39, 0.29) is 11.8 Å². The second-order valence-electron chi connectivity index (χ2n) is 4.37. The fraction of sp³-hybridized carbons (Fsp3) is 0.385. The van der Waals surface area contributed by atoms with E-state index in [1.54, 1.807) is 12.1 Å². The van der Waals surface area contributed by atoms with E-state index in [4.69, 9.17) is 4.84 Å². The first-order chi connectivity index (χ1) is 9.20. The Morgan fingerprint density at radius 1 is 1.53 bits per heavy atom. The molecule has 1 aromatic rings. The maximum atomic E-state index is 10.7. The van der Waals surface area contributed by atoms with E-state index in [2.05, 4.69) is 5.16 Å². The Morgan fingerprint density at radius 3 is 3.11 bits per heavy atom. The normalized spacial score (nSPS) is 17.7. The standard InChI is InChI=1S/C13H14N2O4/c16-7-2-1-6-12-9-13(14-19-12)10-4-3-5-11(8-10)15(17)18/h3-5,7-8,12H,1-2,6,9H2. The van der Waals surface area contributed by atoms with Crippen molar-refractivity contribution in [2.24, 2.45) is 5.16 Å². The second kappa shape index (κ2) is 6.08. The van der Waals surface area contributed by atoms with E-state index < -0.39 is 4.92 Å². The smallest absolute Gasteiger partial charge is 0.270 e. The number of benzene rings is 1. The van der Waals surface area contributed by atoms with Gasteiger partial charge in [0, 0.05) is 30.5 Å². The van der Waals surface area contributed by atoms with Gasteiger partial charge < -0.3 is 9.63 Å². The Balaban J connectivity index is 1.98. The molecule has 1 aliphatic heterocycles. The molecule has 6 heteroatoms. The minimum absolute atomic E-state index is 0.0331. The molecule has 0 amide bonds. The van der Waals surface area contributed by atoms with Crippen molar-refractivity contribution in [1.29, 1.82) is 0 Å². The van der Waals surface area contributed by atoms with Crippen LogP contribution in [0.5, 0.6) is 0 Å². The average Bonchev–Trinajstić information content (AvgIpc) is 2.88. The molecule has 1 aromatic carbocycles. The Morgan fingerprint density at radius 2 is 2.37 bits per heavy atom. The molecule has 1 heterocycles. The molecule has 19 heavy (non-hydrogen) atoms. The fourth-order valence-corrected chi connectivity index (χ4v) is 1.98. The summed E-state index contributed by atoms with van der Waals surface area (Å²) < 4.78 is 0. The number of unbranched alkanes of at least 4 members (excludes halogenated alkanes) is 1. The van der Waals surface area contributed by atoms with Crippen molar-refractivity contribution in [3.05, 3.63) is 39.9 Å². The number of rotatable bonds is 6. The number of nitro benzene ring substituents is 1. The van der Waals surface area contributed by atoms with Crippen molar-refractivity contribution >= 4 is 17.7 Å². The van der Waals surface area contributed by atoms with Crippen molar-refractivity contribution in [3.63, 3.8) is 0 Å². The lowest BCUT2D eigenvalue weighted by Crippen LogP contribution is -2.08. The maximum absolute atomic E-state index is 10.7. The molecule has 0 N–H and O–H groups in total. The van der Waals surface area contributed by atoms with Gasteiger partial charge in [0.2, 0.25) is 0 Å². The highest BCUT2D eigenvalue weighted by Crippen LogP contribution is 2.22. The Bertz CT molecular complexity index is 513. The largest absolute Gasteiger partial charge is 0.392 e. The first kappa shape index (κ1) is 13.2. The molecular formula is C13H14N2O4. The monoisotopic (exact) mass is 262 g/mol. The summed E-state index contributed by atoms with van der Waals surface area (Å²) in [7, 11) is 0. The zero-order valence-corrected chi connectivity index (χ0v) is 10.3. The minimum Gasteiger partial charge on any atom is -0.392 e. The third-order valence-electron chi connectivity index (χ3n) is 2.97. The van der Waals surface area contributed by atoms with Crippen LogP contribution in [0.3, 0.4) is 0 Å². The summed E-state index contributed by atoms with van der Waals surface area (Å²) in [6.07, 6.45) is 3.53. The molecule has 0 fully saturated rings. The molecule has 0 radical (unpaired) electrons. The van der Waals surface area contributed by atoms with Crippen LogP contribution in [0.4, 0.5) is 5.69 Å². The van der Waals surface area contributed by atoms with Crippen LogP contribution in [-0.4, -0.2) is 23.0 Å². The van der Waals surface area contributed by atoms with Crippen LogP contribution in [0, 0.1) is 10.1 Å². The van der Waals surface area contributed by atoms with Gasteiger partial charge in [-0.15, -0.1) is 0 Å². The van der Waals surface area contributed by atoms with Gasteiger partial charge in [0.15, 0.2) is 0 Å². The number of nitro groups is 1. The summed E-state index contributed by atoms with van der Waals surface area (Å²) in [6, 6.07) is 6.36. The van der Waals surface area contributed by atoms with Crippen molar-refractivity contribution in [2.45, 2.75) is 31.8 Å². The average molecular weight is 262 g/mol. The van der Waals surface area contributed by atoms with Crippen LogP contribution in [-0.2, 0) is 9.63 Å². The fourth-order valence-electron chi connectivity index (χ4n) is 1.98. The van der Waals surface area contributed by atoms with Crippen molar-refractivity contribution < 1.29 is 14.6 Å². The Hall–Kier alpha value is -2.24. The maximum Gasteiger partial charge on any atom is 0.270 e. The molecule has 0 aliphatic carbocycles. The number of aldehydes is 1. The van der Waals surface area contributed by atoms with Crippen molar-refractivity contribution in [2.75, 3.05) is 0 Å². The molecule has 2 rings (SSSR count). The number of oxime groups is 1. The number of hydrogen-bond donors (Lipinski definition) is 0. The van der Waals surface area contributed by atoms with E-state index in [1.165, 1.54) is 12.1 Å². The topological polar surface area (TPSA) is 81.8 Å². The minimum atomic E-state index is -0.429. The molecule has 1 unspecified atom stereocenters. The van der Waals surface area contributed by atoms with Gasteiger partial charge in [0.25, 0.3) is 5.69 Å². The molecular weight excluding hydrogens is 248 g/mol. The van der Waals surface area contributed by atoms with E-state index in [9.17, 15) is 14.9 Å². The number of non-ortho nitro benzene ring substituents is 1. The number of hydrogen-bond acceptors (Lipinski definition) is 5. The van der Waals surface area contributed by atoms with Gasteiger partial charge in [-0.05, 0) is 12.8 Å². The van der Waals surface area contributed by atoms with Crippen molar-refractivity contribution in [1.82, 2.24) is 0 Å². The summed E-state index contributed by atoms with van der Waals surface area (Å²) >= 11 is 0. The number of carbonyl (C=O) groups excluding carboxylic acids is 1. The molecule has 0 spiro atoms. The van der Waals surface area contributed by atoms with Crippen LogP contribution < -0.4 is 0 Å². The Kier molecular flexibility index (Phi) is 4.22. The van der Waals surface area contributed by atoms with Crippen LogP contribution in [0.15, 0.2) is 29.4 Å². The summed E-state index contributed by atoms with van der Waals surface area (Å²) in [4.78, 5) is 25.8. The van der Waals surface area contributed by atoms with Crippen LogP contribution in [0.25, 0.3) is 0 Å². The zero-order valence-electron chi connectivity index (χ0n) is 10.3. The molecule has 0 bridgehead atoms. The highest BCUT2D eigenvalue weighted by molar-refractivity contribution is 6.01. The predicted octanol–water partition coefficient (Wildman–Crippen LogP) is 2.46. The lowest BCUT2D eigenvalue weighted by atomic mass is 10.0. The van der Waals surface area contributed by atoms with Crippen LogP contribution in [0.2, 0.25) is 0 Å². The van der Waals surface area contributed by atoms with Gasteiger partial charge in [0.05, 0.1) is 10.6 Å². The number of nitrogens with zero attached hydrogens (tertiary/aromatic N) is 2. The second-order valence-corrected chi connectivity index (χ2v) is 4.37. The first-order valence-electron chi connectivity index (χ1n) is 6.12. The molecule has 0 saturated heterocycles. The molecule has 100 valence electrons. The van der Waals surface area contributed by atoms with Crippen LogP contribution in [0.1, 0.15) is 31.2 Å². The van der Waals surface area contributed by atoms with Gasteiger partial charge in [-0.25, -0.2) is 0 Å². The summed E-state index contributed by atoms with van der Waals surface area (Å²) in [6.45, 7) is 0. The van der Waals surface area contributed by atoms with E-state index >= 15 is 0 Å². The number of carbonyl (C=O) groups is 1. The quantitative estimate of drug-likeness (QED) is 0.341. The van der Waals surface area contributed by atoms with Crippen molar-refractivity contribution in [3.8, 4) is 0 Å². The molecule has 0 aromatic heterocycles. The van der Waals surface area contributed by atoms with Crippen LogP contribution >= 0.6 is 0 Å². The third-order valence-corrected chi connectivity index (χ3v) is 2.97. The highest BCUT2D eigenvalue weighted by Gasteiger charge is 2.22. The first-order valence-corrected chi connectivity index (χ1v) is 6.12. The lowest BCUT2D eigenvalue weighted by molar-refractivity contribution is -0.384. The molecule has 0 saturated carbocycles. The molecule has 1 aliphatic rings. The van der Waals surface area contributed by atoms with E-state index in [1.807, 2.05) is 0 Å². The van der Waals surface area contributed by atoms with Gasteiger partial charge >= 0.3 is 0 Å². The summed E-state index contributed by atoms with van der Waals surface area (Å²) in [5.74, 6) is 0. The van der Waals surface area contributed by atoms with E-state index in [0.29, 0.717) is 18.4 Å². The van der Waals surface area contributed by atoms with Gasteiger partial charge in [-0.2, -0.15) is 0 Å². The van der Waals surface area contributed by atoms with E-state index in [0.717, 1.165) is 24.8 Å². The predicted molar refractivity (Wildman–Crippen MR) is 69.0 cm³/mol. The van der Waals surface area contributed by atoms with Gasteiger partial charge in [-0.1, -0.05) is 17.3 Å². The summed E-state index contributed by atoms with van der Waals surface area (Å²) in [5, 5.41) is 14.7. The van der Waals surface area contributed by atoms with Gasteiger partial charge in [0.1, 0.15) is 12.4 Å². The van der Waals surface area contributed by atoms with Gasteiger partial charge in [-0.3, -0.25) is 10.1 Å².